The van der Waals surface area contributed by atoms with Crippen molar-refractivity contribution < 1.29 is 17.9 Å². The normalized spacial score (nSPS) is 15.3. The van der Waals surface area contributed by atoms with E-state index in [4.69, 9.17) is 27.9 Å². The van der Waals surface area contributed by atoms with Crippen molar-refractivity contribution in [1.82, 2.24) is 4.90 Å². The predicted octanol–water partition coefficient (Wildman–Crippen LogP) is 3.97. The number of likely N-dealkylation sites (tertiary alicyclic amines) is 1. The summed E-state index contributed by atoms with van der Waals surface area (Å²) in [6.07, 6.45) is 2.19. The fourth-order valence-electron chi connectivity index (χ4n) is 3.18. The van der Waals surface area contributed by atoms with Crippen molar-refractivity contribution in [3.8, 4) is 0 Å². The number of piperidine rings is 1. The number of rotatable bonds is 6. The molecule has 0 saturated carbocycles. The lowest BCUT2D eigenvalue weighted by molar-refractivity contribution is -0.132. The van der Waals surface area contributed by atoms with Crippen LogP contribution in [0.25, 0.3) is 0 Å². The van der Waals surface area contributed by atoms with Gasteiger partial charge in [0.15, 0.2) is 0 Å². The quantitative estimate of drug-likeness (QED) is 0.712. The van der Waals surface area contributed by atoms with Crippen molar-refractivity contribution >= 4 is 44.8 Å². The first-order valence-corrected chi connectivity index (χ1v) is 11.4. The molecule has 1 heterocycles. The van der Waals surface area contributed by atoms with E-state index in [9.17, 15) is 13.2 Å². The van der Waals surface area contributed by atoms with E-state index in [2.05, 4.69) is 4.72 Å². The fraction of sp³-hybridized carbons (Fsp3) is 0.350. The number of benzene rings is 2. The number of nitrogens with zero attached hydrogens (tertiary/aromatic N) is 1. The molecule has 1 fully saturated rings. The van der Waals surface area contributed by atoms with Crippen LogP contribution in [0.3, 0.4) is 0 Å². The first kappa shape index (κ1) is 21.9. The van der Waals surface area contributed by atoms with Crippen molar-refractivity contribution in [3.63, 3.8) is 0 Å². The summed E-state index contributed by atoms with van der Waals surface area (Å²) < 4.78 is 32.8. The summed E-state index contributed by atoms with van der Waals surface area (Å²) in [5.41, 5.74) is 1.22. The summed E-state index contributed by atoms with van der Waals surface area (Å²) in [7, 11) is -2.10. The Labute approximate surface area is 180 Å². The molecule has 0 unspecified atom stereocenters. The number of anilines is 1. The molecular weight excluding hydrogens is 435 g/mol. The van der Waals surface area contributed by atoms with E-state index in [1.807, 2.05) is 4.90 Å². The molecule has 0 spiro atoms. The van der Waals surface area contributed by atoms with Gasteiger partial charge in [-0.05, 0) is 48.7 Å². The van der Waals surface area contributed by atoms with Gasteiger partial charge in [0, 0.05) is 25.9 Å². The molecule has 0 bridgehead atoms. The van der Waals surface area contributed by atoms with Crippen LogP contribution >= 0.6 is 23.2 Å². The topological polar surface area (TPSA) is 75.7 Å². The number of carbonyl (C=O) groups excluding carboxylic acids is 1. The third-order valence-corrected chi connectivity index (χ3v) is 7.01. The van der Waals surface area contributed by atoms with Gasteiger partial charge in [-0.15, -0.1) is 0 Å². The van der Waals surface area contributed by atoms with Gasteiger partial charge in [-0.2, -0.15) is 0 Å². The van der Waals surface area contributed by atoms with Gasteiger partial charge in [0.2, 0.25) is 5.91 Å². The number of ether oxygens (including phenoxy) is 1. The number of carbonyl (C=O) groups is 1. The first-order chi connectivity index (χ1) is 13.8. The zero-order chi connectivity index (χ0) is 21.0. The van der Waals surface area contributed by atoms with Crippen LogP contribution in [0.4, 0.5) is 5.69 Å². The highest BCUT2D eigenvalue weighted by molar-refractivity contribution is 7.92. The molecule has 3 rings (SSSR count). The minimum absolute atomic E-state index is 0.0191. The maximum Gasteiger partial charge on any atom is 0.261 e. The lowest BCUT2D eigenvalue weighted by atomic mass is 10.1. The van der Waals surface area contributed by atoms with Gasteiger partial charge in [0.05, 0.1) is 27.5 Å². The van der Waals surface area contributed by atoms with Crippen LogP contribution < -0.4 is 4.72 Å². The van der Waals surface area contributed by atoms with E-state index < -0.39 is 10.0 Å². The molecule has 1 N–H and O–H groups in total. The van der Waals surface area contributed by atoms with Crippen LogP contribution in [-0.4, -0.2) is 45.5 Å². The van der Waals surface area contributed by atoms with E-state index in [0.717, 1.165) is 18.4 Å². The van der Waals surface area contributed by atoms with Gasteiger partial charge in [-0.1, -0.05) is 35.3 Å². The second-order valence-corrected chi connectivity index (χ2v) is 9.37. The van der Waals surface area contributed by atoms with Crippen molar-refractivity contribution in [1.29, 1.82) is 0 Å². The molecule has 6 nitrogen and oxygen atoms in total. The molecule has 0 aromatic heterocycles. The molecule has 9 heteroatoms. The first-order valence-electron chi connectivity index (χ1n) is 9.16. The van der Waals surface area contributed by atoms with Crippen LogP contribution in [0.15, 0.2) is 47.4 Å². The fourth-order valence-corrected chi connectivity index (χ4v) is 4.62. The Morgan fingerprint density at radius 1 is 1.10 bits per heavy atom. The Hall–Kier alpha value is -1.80. The van der Waals surface area contributed by atoms with Crippen LogP contribution in [-0.2, 0) is 26.0 Å². The standard InChI is InChI=1S/C20H22Cl2N2O4S/c1-28-16-8-10-24(11-9-16)20(25)12-14-2-4-15(5-3-14)23-29(26,27)17-6-7-18(21)19(22)13-17/h2-7,13,16,23H,8-12H2,1H3. The van der Waals surface area contributed by atoms with E-state index in [1.165, 1.54) is 18.2 Å². The lowest BCUT2D eigenvalue weighted by Crippen LogP contribution is -2.41. The summed E-state index contributed by atoms with van der Waals surface area (Å²) in [6, 6.07) is 10.9. The average molecular weight is 457 g/mol. The van der Waals surface area contributed by atoms with E-state index in [0.29, 0.717) is 18.8 Å². The van der Waals surface area contributed by atoms with Crippen molar-refractivity contribution in [2.24, 2.45) is 0 Å². The smallest absolute Gasteiger partial charge is 0.261 e. The number of halogens is 2. The third kappa shape index (κ3) is 5.63. The highest BCUT2D eigenvalue weighted by atomic mass is 35.5. The molecule has 0 atom stereocenters. The van der Waals surface area contributed by atoms with Gasteiger partial charge in [-0.3, -0.25) is 9.52 Å². The number of amides is 1. The minimum Gasteiger partial charge on any atom is -0.381 e. The van der Waals surface area contributed by atoms with Crippen molar-refractivity contribution in [2.75, 3.05) is 24.9 Å². The summed E-state index contributed by atoms with van der Waals surface area (Å²) >= 11 is 11.7. The van der Waals surface area contributed by atoms with E-state index >= 15 is 0 Å². The van der Waals surface area contributed by atoms with Crippen molar-refractivity contribution in [2.45, 2.75) is 30.3 Å². The van der Waals surface area contributed by atoms with Crippen LogP contribution in [0.5, 0.6) is 0 Å². The number of nitrogens with one attached hydrogen (secondary N) is 1. The summed E-state index contributed by atoms with van der Waals surface area (Å²) in [6.45, 7) is 1.39. The molecule has 156 valence electrons. The minimum atomic E-state index is -3.79. The van der Waals surface area contributed by atoms with Crippen LogP contribution in [0.1, 0.15) is 18.4 Å². The molecule has 29 heavy (non-hydrogen) atoms. The summed E-state index contributed by atoms with van der Waals surface area (Å²) in [5, 5.41) is 0.448. The molecule has 1 amide bonds. The highest BCUT2D eigenvalue weighted by Gasteiger charge is 2.22. The zero-order valence-electron chi connectivity index (χ0n) is 15.9. The number of hydrogen-bond donors (Lipinski definition) is 1. The Balaban J connectivity index is 1.61. The van der Waals surface area contributed by atoms with Crippen LogP contribution in [0, 0.1) is 0 Å². The molecule has 1 saturated heterocycles. The predicted molar refractivity (Wildman–Crippen MR) is 114 cm³/mol. The number of methoxy groups -OCH3 is 1. The molecule has 0 radical (unpaired) electrons. The Morgan fingerprint density at radius 3 is 2.34 bits per heavy atom. The molecule has 0 aliphatic carbocycles. The largest absolute Gasteiger partial charge is 0.381 e. The maximum atomic E-state index is 12.5. The summed E-state index contributed by atoms with van der Waals surface area (Å²) in [5.74, 6) is 0.0590. The monoisotopic (exact) mass is 456 g/mol. The van der Waals surface area contributed by atoms with Gasteiger partial charge in [0.25, 0.3) is 10.0 Å². The second kappa shape index (κ2) is 9.34. The highest BCUT2D eigenvalue weighted by Crippen LogP contribution is 2.26. The van der Waals surface area contributed by atoms with Crippen LogP contribution in [0.2, 0.25) is 10.0 Å². The average Bonchev–Trinajstić information content (AvgIpc) is 2.71. The molecule has 1 aliphatic heterocycles. The van der Waals surface area contributed by atoms with E-state index in [1.54, 1.807) is 31.4 Å². The SMILES string of the molecule is COC1CCN(C(=O)Cc2ccc(NS(=O)(=O)c3ccc(Cl)c(Cl)c3)cc2)CC1. The maximum absolute atomic E-state index is 12.5. The van der Waals surface area contributed by atoms with Gasteiger partial charge in [-0.25, -0.2) is 8.42 Å². The number of hydrogen-bond acceptors (Lipinski definition) is 4. The molecule has 2 aromatic rings. The Morgan fingerprint density at radius 2 is 1.76 bits per heavy atom. The second-order valence-electron chi connectivity index (χ2n) is 6.87. The Bertz CT molecular complexity index is 972. The zero-order valence-corrected chi connectivity index (χ0v) is 18.2. The molecule has 1 aliphatic rings. The number of sulfonamides is 1. The molecule has 2 aromatic carbocycles. The molecular formula is C20H22Cl2N2O4S. The van der Waals surface area contributed by atoms with Crippen molar-refractivity contribution in [3.05, 3.63) is 58.1 Å². The van der Waals surface area contributed by atoms with E-state index in [-0.39, 0.29) is 33.4 Å². The summed E-state index contributed by atoms with van der Waals surface area (Å²) in [4.78, 5) is 14.3. The Kier molecular flexibility index (Phi) is 7.05. The third-order valence-electron chi connectivity index (χ3n) is 4.89. The van der Waals surface area contributed by atoms with Gasteiger partial charge in [0.1, 0.15) is 0 Å². The van der Waals surface area contributed by atoms with Gasteiger partial charge < -0.3 is 9.64 Å². The lowest BCUT2D eigenvalue weighted by Gasteiger charge is -2.31. The van der Waals surface area contributed by atoms with Gasteiger partial charge >= 0.3 is 0 Å².